The average Bonchev–Trinajstić information content (AvgIpc) is 3.08. The van der Waals surface area contributed by atoms with Crippen molar-refractivity contribution in [1.29, 1.82) is 0 Å². The summed E-state index contributed by atoms with van der Waals surface area (Å²) >= 11 is 3.40. The second kappa shape index (κ2) is 7.16. The second-order valence-corrected chi connectivity index (χ2v) is 8.79. The fourth-order valence-electron chi connectivity index (χ4n) is 3.64. The third kappa shape index (κ3) is 4.00. The molecule has 5 unspecified atom stereocenters. The van der Waals surface area contributed by atoms with Crippen LogP contribution in [0.1, 0.15) is 33.3 Å². The first-order chi connectivity index (χ1) is 13.1. The number of benzene rings is 1. The topological polar surface area (TPSA) is 87.6 Å². The Morgan fingerprint density at radius 3 is 2.50 bits per heavy atom. The molecule has 0 spiro atoms. The average molecular weight is 455 g/mol. The van der Waals surface area contributed by atoms with Crippen LogP contribution in [0.15, 0.2) is 33.8 Å². The Balaban J connectivity index is 1.49. The molecule has 4 rings (SSSR count). The molecule has 28 heavy (non-hydrogen) atoms. The van der Waals surface area contributed by atoms with Gasteiger partial charge in [-0.05, 0) is 45.4 Å². The lowest BCUT2D eigenvalue weighted by Gasteiger charge is -2.36. The molecule has 1 aromatic carbocycles. The van der Waals surface area contributed by atoms with Gasteiger partial charge in [0.2, 0.25) is 0 Å². The van der Waals surface area contributed by atoms with E-state index in [1.165, 1.54) is 0 Å². The summed E-state index contributed by atoms with van der Waals surface area (Å²) in [7, 11) is 0. The maximum absolute atomic E-state index is 12.8. The van der Waals surface area contributed by atoms with E-state index >= 15 is 0 Å². The zero-order valence-corrected chi connectivity index (χ0v) is 17.6. The predicted molar refractivity (Wildman–Crippen MR) is 102 cm³/mol. The number of carbonyl (C=O) groups is 1. The van der Waals surface area contributed by atoms with Crippen molar-refractivity contribution in [3.05, 3.63) is 34.3 Å². The standard InChI is InChI=1S/C19H23BrN2O6/c1-18(2)25-12-13(26-18)15-17(28-19(3,4)27-15)24-14(12)16(23)22-21-9-10-6-5-7-11(20)8-10/h5-9,12-15,17H,1-4H3,(H,22,23)/b21-9+. The minimum atomic E-state index is -0.940. The van der Waals surface area contributed by atoms with Gasteiger partial charge in [-0.15, -0.1) is 0 Å². The third-order valence-electron chi connectivity index (χ3n) is 4.65. The van der Waals surface area contributed by atoms with Crippen molar-refractivity contribution >= 4 is 28.1 Å². The Morgan fingerprint density at radius 1 is 1.07 bits per heavy atom. The van der Waals surface area contributed by atoms with Gasteiger partial charge in [-0.2, -0.15) is 5.10 Å². The summed E-state index contributed by atoms with van der Waals surface area (Å²) in [5.74, 6) is -2.13. The molecule has 3 aliphatic rings. The number of ether oxygens (including phenoxy) is 5. The van der Waals surface area contributed by atoms with Gasteiger partial charge in [0.05, 0.1) is 6.21 Å². The Morgan fingerprint density at radius 2 is 1.75 bits per heavy atom. The van der Waals surface area contributed by atoms with Crippen molar-refractivity contribution in [1.82, 2.24) is 5.43 Å². The first-order valence-electron chi connectivity index (χ1n) is 9.09. The van der Waals surface area contributed by atoms with E-state index in [1.807, 2.05) is 24.3 Å². The maximum Gasteiger partial charge on any atom is 0.272 e. The molecule has 3 heterocycles. The molecule has 3 aliphatic heterocycles. The summed E-state index contributed by atoms with van der Waals surface area (Å²) in [6, 6.07) is 7.55. The summed E-state index contributed by atoms with van der Waals surface area (Å²) in [4.78, 5) is 12.8. The summed E-state index contributed by atoms with van der Waals surface area (Å²) in [6.07, 6.45) is -1.70. The molecule has 1 aromatic rings. The van der Waals surface area contributed by atoms with Gasteiger partial charge in [-0.25, -0.2) is 5.43 Å². The lowest BCUT2D eigenvalue weighted by molar-refractivity contribution is -0.231. The van der Waals surface area contributed by atoms with Crippen LogP contribution >= 0.6 is 15.9 Å². The van der Waals surface area contributed by atoms with Gasteiger partial charge in [-0.3, -0.25) is 4.79 Å². The van der Waals surface area contributed by atoms with Gasteiger partial charge in [0.25, 0.3) is 5.91 Å². The predicted octanol–water partition coefficient (Wildman–Crippen LogP) is 2.30. The van der Waals surface area contributed by atoms with Gasteiger partial charge >= 0.3 is 0 Å². The third-order valence-corrected chi connectivity index (χ3v) is 5.14. The summed E-state index contributed by atoms with van der Waals surface area (Å²) in [6.45, 7) is 7.17. The number of fused-ring (bicyclic) bond motifs is 3. The quantitative estimate of drug-likeness (QED) is 0.556. The van der Waals surface area contributed by atoms with Gasteiger partial charge in [0.1, 0.15) is 18.3 Å². The van der Waals surface area contributed by atoms with Crippen molar-refractivity contribution < 1.29 is 28.5 Å². The van der Waals surface area contributed by atoms with E-state index in [1.54, 1.807) is 33.9 Å². The van der Waals surface area contributed by atoms with Crippen LogP contribution in [0.25, 0.3) is 0 Å². The highest BCUT2D eigenvalue weighted by atomic mass is 79.9. The molecule has 1 N–H and O–H groups in total. The Labute approximate surface area is 171 Å². The molecular weight excluding hydrogens is 432 g/mol. The van der Waals surface area contributed by atoms with E-state index in [2.05, 4.69) is 26.5 Å². The maximum atomic E-state index is 12.8. The molecule has 9 heteroatoms. The fourth-order valence-corrected chi connectivity index (χ4v) is 4.06. The first kappa shape index (κ1) is 19.9. The van der Waals surface area contributed by atoms with Crippen molar-refractivity contribution in [3.63, 3.8) is 0 Å². The van der Waals surface area contributed by atoms with Crippen molar-refractivity contribution in [2.45, 2.75) is 70.0 Å². The van der Waals surface area contributed by atoms with Crippen LogP contribution in [-0.2, 0) is 28.5 Å². The van der Waals surface area contributed by atoms with Crippen molar-refractivity contribution in [2.24, 2.45) is 5.10 Å². The van der Waals surface area contributed by atoms with Crippen LogP contribution in [0.5, 0.6) is 0 Å². The molecule has 0 aliphatic carbocycles. The Bertz CT molecular complexity index is 798. The summed E-state index contributed by atoms with van der Waals surface area (Å²) < 4.78 is 30.5. The molecule has 0 aromatic heterocycles. The lowest BCUT2D eigenvalue weighted by atomic mass is 9.98. The number of hydrazone groups is 1. The molecule has 5 atom stereocenters. The SMILES string of the molecule is CC1(C)OC2OC(C(=O)N/N=C/c3cccc(Br)c3)C3OC(C)(C)OC3C2O1. The molecule has 0 bridgehead atoms. The van der Waals surface area contributed by atoms with Gasteiger partial charge in [-0.1, -0.05) is 28.1 Å². The van der Waals surface area contributed by atoms with Crippen LogP contribution in [0, 0.1) is 0 Å². The molecule has 152 valence electrons. The van der Waals surface area contributed by atoms with E-state index in [9.17, 15) is 4.79 Å². The van der Waals surface area contributed by atoms with E-state index in [-0.39, 0.29) is 0 Å². The molecule has 1 amide bonds. The van der Waals surface area contributed by atoms with Crippen molar-refractivity contribution in [2.75, 3.05) is 0 Å². The van der Waals surface area contributed by atoms with E-state index in [0.717, 1.165) is 10.0 Å². The van der Waals surface area contributed by atoms with Gasteiger partial charge in [0.15, 0.2) is 24.0 Å². The van der Waals surface area contributed by atoms with Gasteiger partial charge < -0.3 is 23.7 Å². The fraction of sp³-hybridized carbons (Fsp3) is 0.579. The highest BCUT2D eigenvalue weighted by molar-refractivity contribution is 9.10. The zero-order valence-electron chi connectivity index (χ0n) is 16.0. The number of carbonyl (C=O) groups excluding carboxylic acids is 1. The van der Waals surface area contributed by atoms with E-state index in [0.29, 0.717) is 0 Å². The van der Waals surface area contributed by atoms with Crippen LogP contribution < -0.4 is 5.43 Å². The van der Waals surface area contributed by atoms with E-state index in [4.69, 9.17) is 23.7 Å². The number of hydrogen-bond acceptors (Lipinski definition) is 7. The van der Waals surface area contributed by atoms with E-state index < -0.39 is 48.2 Å². The smallest absolute Gasteiger partial charge is 0.272 e. The normalized spacial score (nSPS) is 35.5. The second-order valence-electron chi connectivity index (χ2n) is 7.88. The number of hydrogen-bond donors (Lipinski definition) is 1. The van der Waals surface area contributed by atoms with Crippen LogP contribution in [-0.4, -0.2) is 54.4 Å². The van der Waals surface area contributed by atoms with Crippen LogP contribution in [0.4, 0.5) is 0 Å². The Hall–Kier alpha value is -1.36. The molecule has 8 nitrogen and oxygen atoms in total. The van der Waals surface area contributed by atoms with Crippen LogP contribution in [0.3, 0.4) is 0 Å². The molecule has 3 saturated heterocycles. The Kier molecular flexibility index (Phi) is 5.09. The monoisotopic (exact) mass is 454 g/mol. The highest BCUT2D eigenvalue weighted by Crippen LogP contribution is 2.44. The zero-order chi connectivity index (χ0) is 20.1. The highest BCUT2D eigenvalue weighted by Gasteiger charge is 2.62. The minimum absolute atomic E-state index is 0.436. The molecule has 0 radical (unpaired) electrons. The minimum Gasteiger partial charge on any atom is -0.342 e. The van der Waals surface area contributed by atoms with Gasteiger partial charge in [0, 0.05) is 4.47 Å². The molecule has 0 saturated carbocycles. The summed E-state index contributed by atoms with van der Waals surface area (Å²) in [5.41, 5.74) is 3.36. The number of nitrogens with one attached hydrogen (secondary N) is 1. The first-order valence-corrected chi connectivity index (χ1v) is 9.88. The van der Waals surface area contributed by atoms with Crippen molar-refractivity contribution in [3.8, 4) is 0 Å². The lowest BCUT2D eigenvalue weighted by Crippen LogP contribution is -2.59. The molecular formula is C19H23BrN2O6. The number of rotatable bonds is 3. The summed E-state index contributed by atoms with van der Waals surface area (Å²) in [5, 5.41) is 4.03. The molecule has 3 fully saturated rings. The van der Waals surface area contributed by atoms with Crippen LogP contribution in [0.2, 0.25) is 0 Å². The number of halogens is 1. The largest absolute Gasteiger partial charge is 0.342 e. The number of nitrogens with zero attached hydrogens (tertiary/aromatic N) is 1. The number of amides is 1.